The minimum atomic E-state index is -0.227. The van der Waals surface area contributed by atoms with E-state index in [9.17, 15) is 5.11 Å². The fourth-order valence-electron chi connectivity index (χ4n) is 2.01. The molecule has 0 saturated heterocycles. The van der Waals surface area contributed by atoms with Crippen LogP contribution < -0.4 is 9.47 Å². The van der Waals surface area contributed by atoms with Gasteiger partial charge in [-0.3, -0.25) is 0 Å². The van der Waals surface area contributed by atoms with Crippen LogP contribution in [0.3, 0.4) is 0 Å². The molecule has 0 amide bonds. The third kappa shape index (κ3) is 2.59. The molecule has 1 aromatic carbocycles. The number of ether oxygens (including phenoxy) is 2. The van der Waals surface area contributed by atoms with Crippen LogP contribution in [0.15, 0.2) is 18.2 Å². The summed E-state index contributed by atoms with van der Waals surface area (Å²) in [6, 6.07) is 5.38. The van der Waals surface area contributed by atoms with Crippen LogP contribution in [0.5, 0.6) is 11.5 Å². The van der Waals surface area contributed by atoms with Gasteiger partial charge in [-0.05, 0) is 18.2 Å². The van der Waals surface area contributed by atoms with Crippen molar-refractivity contribution in [1.29, 1.82) is 0 Å². The summed E-state index contributed by atoms with van der Waals surface area (Å²) in [5.74, 6) is 1.19. The first-order chi connectivity index (χ1) is 9.74. The van der Waals surface area contributed by atoms with Crippen molar-refractivity contribution in [2.75, 3.05) is 20.8 Å². The standard InChI is InChI=1S/C13H17N3O4/c1-19-11-4-3-9(7-12(11)20-2)13-10(8-18)14-15-16(13)5-6-17/h3-4,7,17-18H,5-6,8H2,1-2H3. The van der Waals surface area contributed by atoms with Crippen molar-refractivity contribution < 1.29 is 19.7 Å². The molecular weight excluding hydrogens is 262 g/mol. The average Bonchev–Trinajstić information content (AvgIpc) is 2.89. The Balaban J connectivity index is 2.52. The van der Waals surface area contributed by atoms with Gasteiger partial charge in [-0.2, -0.15) is 0 Å². The number of hydrogen-bond donors (Lipinski definition) is 2. The van der Waals surface area contributed by atoms with Gasteiger partial charge in [-0.1, -0.05) is 5.21 Å². The SMILES string of the molecule is COc1ccc(-c2c(CO)nnn2CCO)cc1OC. The maximum atomic E-state index is 9.35. The summed E-state index contributed by atoms with van der Waals surface area (Å²) in [5, 5.41) is 26.2. The van der Waals surface area contributed by atoms with E-state index in [4.69, 9.17) is 14.6 Å². The molecule has 7 nitrogen and oxygen atoms in total. The number of aromatic nitrogens is 3. The summed E-state index contributed by atoms with van der Waals surface area (Å²) < 4.78 is 12.0. The smallest absolute Gasteiger partial charge is 0.161 e. The first kappa shape index (κ1) is 14.3. The van der Waals surface area contributed by atoms with Crippen LogP contribution in [-0.4, -0.2) is 46.0 Å². The molecule has 0 fully saturated rings. The lowest BCUT2D eigenvalue weighted by Crippen LogP contribution is -2.06. The highest BCUT2D eigenvalue weighted by molar-refractivity contribution is 5.66. The molecule has 0 unspecified atom stereocenters. The van der Waals surface area contributed by atoms with Gasteiger partial charge in [-0.25, -0.2) is 4.68 Å². The zero-order chi connectivity index (χ0) is 14.5. The number of methoxy groups -OCH3 is 2. The van der Waals surface area contributed by atoms with Crippen molar-refractivity contribution in [3.63, 3.8) is 0 Å². The lowest BCUT2D eigenvalue weighted by atomic mass is 10.1. The van der Waals surface area contributed by atoms with Crippen molar-refractivity contribution in [2.45, 2.75) is 13.2 Å². The highest BCUT2D eigenvalue weighted by Gasteiger charge is 2.16. The summed E-state index contributed by atoms with van der Waals surface area (Å²) in [6.07, 6.45) is 0. The topological polar surface area (TPSA) is 89.6 Å². The van der Waals surface area contributed by atoms with Crippen LogP contribution in [0.25, 0.3) is 11.3 Å². The van der Waals surface area contributed by atoms with Crippen LogP contribution in [0.1, 0.15) is 5.69 Å². The zero-order valence-corrected chi connectivity index (χ0v) is 11.4. The minimum Gasteiger partial charge on any atom is -0.493 e. The van der Waals surface area contributed by atoms with E-state index < -0.39 is 0 Å². The first-order valence-electron chi connectivity index (χ1n) is 6.11. The lowest BCUT2D eigenvalue weighted by Gasteiger charge is -2.11. The van der Waals surface area contributed by atoms with Crippen molar-refractivity contribution in [3.8, 4) is 22.8 Å². The van der Waals surface area contributed by atoms with Gasteiger partial charge in [0.25, 0.3) is 0 Å². The molecule has 0 aliphatic heterocycles. The third-order valence-corrected chi connectivity index (χ3v) is 2.92. The maximum Gasteiger partial charge on any atom is 0.161 e. The van der Waals surface area contributed by atoms with Gasteiger partial charge in [0.05, 0.1) is 39.7 Å². The molecule has 0 bridgehead atoms. The minimum absolute atomic E-state index is 0.0610. The summed E-state index contributed by atoms with van der Waals surface area (Å²) in [5.41, 5.74) is 1.89. The Morgan fingerprint density at radius 3 is 2.50 bits per heavy atom. The fourth-order valence-corrected chi connectivity index (χ4v) is 2.01. The lowest BCUT2D eigenvalue weighted by molar-refractivity contribution is 0.268. The Bertz CT molecular complexity index is 583. The first-order valence-corrected chi connectivity index (χ1v) is 6.11. The molecular formula is C13H17N3O4. The Hall–Kier alpha value is -2.12. The molecule has 0 aliphatic rings. The molecule has 108 valence electrons. The van der Waals surface area contributed by atoms with Crippen LogP contribution in [0, 0.1) is 0 Å². The summed E-state index contributed by atoms with van der Waals surface area (Å²) in [7, 11) is 3.12. The zero-order valence-electron chi connectivity index (χ0n) is 11.4. The van der Waals surface area contributed by atoms with Crippen molar-refractivity contribution in [2.24, 2.45) is 0 Å². The summed E-state index contributed by atoms with van der Waals surface area (Å²) in [6.45, 7) is 0.0142. The van der Waals surface area contributed by atoms with E-state index in [1.807, 2.05) is 6.07 Å². The predicted molar refractivity (Wildman–Crippen MR) is 71.6 cm³/mol. The highest BCUT2D eigenvalue weighted by atomic mass is 16.5. The second-order valence-corrected chi connectivity index (χ2v) is 4.06. The fraction of sp³-hybridized carbons (Fsp3) is 0.385. The third-order valence-electron chi connectivity index (χ3n) is 2.92. The van der Waals surface area contributed by atoms with E-state index in [0.717, 1.165) is 5.56 Å². The molecule has 0 radical (unpaired) electrons. The normalized spacial score (nSPS) is 10.6. The molecule has 1 heterocycles. The van der Waals surface area contributed by atoms with Gasteiger partial charge in [0.15, 0.2) is 11.5 Å². The van der Waals surface area contributed by atoms with Crippen molar-refractivity contribution >= 4 is 0 Å². The van der Waals surface area contributed by atoms with Gasteiger partial charge >= 0.3 is 0 Å². The summed E-state index contributed by atoms with van der Waals surface area (Å²) >= 11 is 0. The van der Waals surface area contributed by atoms with Gasteiger partial charge in [0.1, 0.15) is 5.69 Å². The van der Waals surface area contributed by atoms with Gasteiger partial charge < -0.3 is 19.7 Å². The van der Waals surface area contributed by atoms with Crippen LogP contribution >= 0.6 is 0 Å². The monoisotopic (exact) mass is 279 g/mol. The number of nitrogens with zero attached hydrogens (tertiary/aromatic N) is 3. The Morgan fingerprint density at radius 1 is 1.15 bits per heavy atom. The van der Waals surface area contributed by atoms with Gasteiger partial charge in [-0.15, -0.1) is 5.10 Å². The van der Waals surface area contributed by atoms with Gasteiger partial charge in [0.2, 0.25) is 0 Å². The van der Waals surface area contributed by atoms with Crippen LogP contribution in [-0.2, 0) is 13.2 Å². The second kappa shape index (κ2) is 6.36. The molecule has 0 spiro atoms. The van der Waals surface area contributed by atoms with E-state index in [2.05, 4.69) is 10.3 Å². The molecule has 0 atom stereocenters. The van der Waals surface area contributed by atoms with Crippen molar-refractivity contribution in [1.82, 2.24) is 15.0 Å². The number of rotatable bonds is 6. The Morgan fingerprint density at radius 2 is 1.90 bits per heavy atom. The van der Waals surface area contributed by atoms with E-state index in [0.29, 0.717) is 29.4 Å². The molecule has 0 saturated carbocycles. The molecule has 0 aliphatic carbocycles. The highest BCUT2D eigenvalue weighted by Crippen LogP contribution is 2.33. The van der Waals surface area contributed by atoms with E-state index in [-0.39, 0.29) is 13.2 Å². The molecule has 20 heavy (non-hydrogen) atoms. The van der Waals surface area contributed by atoms with Gasteiger partial charge in [0, 0.05) is 5.56 Å². The summed E-state index contributed by atoms with van der Waals surface area (Å²) in [4.78, 5) is 0. The Labute approximate surface area is 116 Å². The van der Waals surface area contributed by atoms with Crippen LogP contribution in [0.4, 0.5) is 0 Å². The number of aliphatic hydroxyl groups excluding tert-OH is 2. The van der Waals surface area contributed by atoms with Crippen LogP contribution in [0.2, 0.25) is 0 Å². The number of hydrogen-bond acceptors (Lipinski definition) is 6. The maximum absolute atomic E-state index is 9.35. The molecule has 2 rings (SSSR count). The molecule has 1 aromatic heterocycles. The van der Waals surface area contributed by atoms with E-state index in [1.54, 1.807) is 31.0 Å². The molecule has 2 N–H and O–H groups in total. The number of benzene rings is 1. The average molecular weight is 279 g/mol. The number of aliphatic hydroxyl groups is 2. The predicted octanol–water partition coefficient (Wildman–Crippen LogP) is 0.447. The Kier molecular flexibility index (Phi) is 4.54. The van der Waals surface area contributed by atoms with Crippen molar-refractivity contribution in [3.05, 3.63) is 23.9 Å². The molecule has 2 aromatic rings. The van der Waals surface area contributed by atoms with E-state index in [1.165, 1.54) is 0 Å². The molecule has 7 heteroatoms. The largest absolute Gasteiger partial charge is 0.493 e. The second-order valence-electron chi connectivity index (χ2n) is 4.06. The quantitative estimate of drug-likeness (QED) is 0.798. The van der Waals surface area contributed by atoms with E-state index >= 15 is 0 Å².